The van der Waals surface area contributed by atoms with Crippen molar-refractivity contribution in [1.82, 2.24) is 0 Å². The SMILES string of the molecule is C/C(=N\O)c1cccc(CC(=O)C2CCCCC2)c1.CC(=O)c1cccc(CC(=O)C2CCCCC2)c1. The van der Waals surface area contributed by atoms with Crippen LogP contribution in [-0.4, -0.2) is 28.3 Å². The van der Waals surface area contributed by atoms with Crippen LogP contribution < -0.4 is 0 Å². The van der Waals surface area contributed by atoms with Gasteiger partial charge in [-0.2, -0.15) is 0 Å². The third kappa shape index (κ3) is 9.07. The van der Waals surface area contributed by atoms with Crippen LogP contribution in [0.2, 0.25) is 0 Å². The number of hydrogen-bond acceptors (Lipinski definition) is 5. The van der Waals surface area contributed by atoms with Crippen LogP contribution in [0.3, 0.4) is 0 Å². The van der Waals surface area contributed by atoms with Gasteiger partial charge in [0.15, 0.2) is 5.78 Å². The van der Waals surface area contributed by atoms with Crippen molar-refractivity contribution in [1.29, 1.82) is 0 Å². The molecule has 2 aromatic carbocycles. The number of oxime groups is 1. The van der Waals surface area contributed by atoms with Crippen LogP contribution in [0.25, 0.3) is 0 Å². The van der Waals surface area contributed by atoms with E-state index in [0.29, 0.717) is 35.7 Å². The van der Waals surface area contributed by atoms with E-state index in [2.05, 4.69) is 5.16 Å². The molecule has 0 amide bonds. The molecule has 198 valence electrons. The Balaban J connectivity index is 0.000000206. The monoisotopic (exact) mass is 503 g/mol. The second-order valence-corrected chi connectivity index (χ2v) is 10.6. The van der Waals surface area contributed by atoms with Crippen LogP contribution in [0.1, 0.15) is 105 Å². The zero-order valence-electron chi connectivity index (χ0n) is 22.4. The van der Waals surface area contributed by atoms with E-state index < -0.39 is 0 Å². The van der Waals surface area contributed by atoms with Crippen molar-refractivity contribution < 1.29 is 19.6 Å². The number of ketones is 3. The van der Waals surface area contributed by atoms with Gasteiger partial charge in [-0.1, -0.05) is 80.1 Å². The summed E-state index contributed by atoms with van der Waals surface area (Å²) < 4.78 is 0. The van der Waals surface area contributed by atoms with Crippen molar-refractivity contribution in [2.24, 2.45) is 17.0 Å². The molecule has 1 N–H and O–H groups in total. The number of hydrogen-bond donors (Lipinski definition) is 1. The van der Waals surface area contributed by atoms with E-state index in [0.717, 1.165) is 42.4 Å². The van der Waals surface area contributed by atoms with Crippen LogP contribution in [0.4, 0.5) is 0 Å². The van der Waals surface area contributed by atoms with Crippen molar-refractivity contribution in [2.45, 2.75) is 90.9 Å². The Hall–Kier alpha value is -3.08. The number of Topliss-reactive ketones (excluding diaryl/α,β-unsaturated/α-hetero) is 3. The maximum atomic E-state index is 12.2. The van der Waals surface area contributed by atoms with Crippen LogP contribution >= 0.6 is 0 Å². The molecule has 2 aromatic rings. The summed E-state index contributed by atoms with van der Waals surface area (Å²) in [5.41, 5.74) is 4.13. The topological polar surface area (TPSA) is 83.8 Å². The average molecular weight is 504 g/mol. The summed E-state index contributed by atoms with van der Waals surface area (Å²) in [6.07, 6.45) is 12.5. The van der Waals surface area contributed by atoms with Crippen molar-refractivity contribution >= 4 is 23.1 Å². The maximum absolute atomic E-state index is 12.2. The van der Waals surface area contributed by atoms with Crippen molar-refractivity contribution in [3.05, 3.63) is 70.8 Å². The Morgan fingerprint density at radius 2 is 1.14 bits per heavy atom. The predicted molar refractivity (Wildman–Crippen MR) is 147 cm³/mol. The van der Waals surface area contributed by atoms with E-state index in [-0.39, 0.29) is 17.6 Å². The molecule has 2 fully saturated rings. The highest BCUT2D eigenvalue weighted by Crippen LogP contribution is 2.26. The molecular formula is C32H41NO4. The fourth-order valence-electron chi connectivity index (χ4n) is 5.40. The molecule has 0 bridgehead atoms. The predicted octanol–water partition coefficient (Wildman–Crippen LogP) is 7.16. The minimum Gasteiger partial charge on any atom is -0.411 e. The molecule has 0 aliphatic heterocycles. The summed E-state index contributed by atoms with van der Waals surface area (Å²) in [6, 6.07) is 15.2. The normalized spacial score (nSPS) is 17.0. The van der Waals surface area contributed by atoms with Gasteiger partial charge in [-0.3, -0.25) is 14.4 Å². The Bertz CT molecular complexity index is 1090. The van der Waals surface area contributed by atoms with Gasteiger partial charge in [0.05, 0.1) is 5.71 Å². The van der Waals surface area contributed by atoms with Crippen LogP contribution in [0.15, 0.2) is 53.7 Å². The lowest BCUT2D eigenvalue weighted by Crippen LogP contribution is -2.19. The van der Waals surface area contributed by atoms with Crippen LogP contribution in [0, 0.1) is 11.8 Å². The minimum absolute atomic E-state index is 0.0574. The molecule has 2 aliphatic rings. The van der Waals surface area contributed by atoms with Gasteiger partial charge in [-0.15, -0.1) is 0 Å². The first kappa shape index (κ1) is 28.5. The van der Waals surface area contributed by atoms with Crippen molar-refractivity contribution in [2.75, 3.05) is 0 Å². The highest BCUT2D eigenvalue weighted by atomic mass is 16.4. The second kappa shape index (κ2) is 14.6. The number of carbonyl (C=O) groups excluding carboxylic acids is 3. The lowest BCUT2D eigenvalue weighted by atomic mass is 9.84. The Morgan fingerprint density at radius 3 is 1.57 bits per heavy atom. The molecule has 0 atom stereocenters. The highest BCUT2D eigenvalue weighted by molar-refractivity contribution is 5.98. The Kier molecular flexibility index (Phi) is 11.2. The van der Waals surface area contributed by atoms with E-state index in [4.69, 9.17) is 5.21 Å². The van der Waals surface area contributed by atoms with Gasteiger partial charge < -0.3 is 5.21 Å². The zero-order chi connectivity index (χ0) is 26.6. The number of rotatable bonds is 8. The summed E-state index contributed by atoms with van der Waals surface area (Å²) in [7, 11) is 0. The van der Waals surface area contributed by atoms with Crippen molar-refractivity contribution in [3.8, 4) is 0 Å². The first-order chi connectivity index (χ1) is 17.9. The lowest BCUT2D eigenvalue weighted by molar-refractivity contribution is -0.123. The van der Waals surface area contributed by atoms with Crippen LogP contribution in [0.5, 0.6) is 0 Å². The third-order valence-electron chi connectivity index (χ3n) is 7.71. The second-order valence-electron chi connectivity index (χ2n) is 10.6. The summed E-state index contributed by atoms with van der Waals surface area (Å²) in [5, 5.41) is 12.0. The van der Waals surface area contributed by atoms with Gasteiger partial charge >= 0.3 is 0 Å². The molecule has 4 rings (SSSR count). The average Bonchev–Trinajstić information content (AvgIpc) is 2.94. The molecule has 0 heterocycles. The molecule has 2 saturated carbocycles. The summed E-state index contributed by atoms with van der Waals surface area (Å²) in [6.45, 7) is 3.31. The molecule has 0 unspecified atom stereocenters. The smallest absolute Gasteiger partial charge is 0.159 e. The van der Waals surface area contributed by atoms with Crippen LogP contribution in [-0.2, 0) is 22.4 Å². The van der Waals surface area contributed by atoms with Gasteiger partial charge in [0.2, 0.25) is 0 Å². The first-order valence-electron chi connectivity index (χ1n) is 13.8. The fourth-order valence-corrected chi connectivity index (χ4v) is 5.40. The molecule has 0 aromatic heterocycles. The minimum atomic E-state index is 0.0574. The van der Waals surface area contributed by atoms with Gasteiger partial charge in [0, 0.05) is 30.2 Å². The maximum Gasteiger partial charge on any atom is 0.159 e. The molecule has 5 nitrogen and oxygen atoms in total. The number of carbonyl (C=O) groups is 3. The van der Waals surface area contributed by atoms with E-state index in [9.17, 15) is 14.4 Å². The van der Waals surface area contributed by atoms with Gasteiger partial charge in [-0.25, -0.2) is 0 Å². The van der Waals surface area contributed by atoms with Crippen molar-refractivity contribution in [3.63, 3.8) is 0 Å². The summed E-state index contributed by atoms with van der Waals surface area (Å²) in [4.78, 5) is 35.7. The molecule has 0 saturated heterocycles. The highest BCUT2D eigenvalue weighted by Gasteiger charge is 2.22. The van der Waals surface area contributed by atoms with E-state index >= 15 is 0 Å². The Morgan fingerprint density at radius 1 is 0.703 bits per heavy atom. The summed E-state index contributed by atoms with van der Waals surface area (Å²) >= 11 is 0. The number of nitrogens with zero attached hydrogens (tertiary/aromatic N) is 1. The van der Waals surface area contributed by atoms with E-state index in [1.54, 1.807) is 19.9 Å². The molecular weight excluding hydrogens is 462 g/mol. The van der Waals surface area contributed by atoms with Gasteiger partial charge in [-0.05, 0) is 68.4 Å². The standard InChI is InChI=1S/C16H21NO2.C16H20O2/c1-12(17-19)15-9-5-6-13(10-15)11-16(18)14-7-3-2-4-8-14;1-12(17)15-9-5-6-13(10-15)11-16(18)14-7-3-2-4-8-14/h5-6,9-10,14,19H,2-4,7-8,11H2,1H3;5-6,9-10,14H,2-4,7-8,11H2,1H3/b17-12+;. The fraction of sp³-hybridized carbons (Fsp3) is 0.500. The number of benzene rings is 2. The Labute approximate surface area is 221 Å². The molecule has 37 heavy (non-hydrogen) atoms. The molecule has 0 radical (unpaired) electrons. The summed E-state index contributed by atoms with van der Waals surface area (Å²) in [5.74, 6) is 1.26. The van der Waals surface area contributed by atoms with E-state index in [1.165, 1.54) is 38.5 Å². The quantitative estimate of drug-likeness (QED) is 0.179. The largest absolute Gasteiger partial charge is 0.411 e. The molecule has 2 aliphatic carbocycles. The molecule has 0 spiro atoms. The first-order valence-corrected chi connectivity index (χ1v) is 13.8. The van der Waals surface area contributed by atoms with Gasteiger partial charge in [0.25, 0.3) is 0 Å². The zero-order valence-corrected chi connectivity index (χ0v) is 22.4. The third-order valence-corrected chi connectivity index (χ3v) is 7.71. The van der Waals surface area contributed by atoms with E-state index in [1.807, 2.05) is 42.5 Å². The molecule has 5 heteroatoms. The lowest BCUT2D eigenvalue weighted by Gasteiger charge is -2.20. The van der Waals surface area contributed by atoms with Gasteiger partial charge in [0.1, 0.15) is 11.6 Å².